The summed E-state index contributed by atoms with van der Waals surface area (Å²) in [7, 11) is 1.63. The number of aromatic nitrogens is 2. The Morgan fingerprint density at radius 3 is 2.92 bits per heavy atom. The normalized spacial score (nSPS) is 19.2. The monoisotopic (exact) mass is 364 g/mol. The van der Waals surface area contributed by atoms with Crippen LogP contribution in [0.15, 0.2) is 0 Å². The van der Waals surface area contributed by atoms with E-state index in [0.717, 1.165) is 57.4 Å². The summed E-state index contributed by atoms with van der Waals surface area (Å²) in [6.07, 6.45) is 5.59. The van der Waals surface area contributed by atoms with Gasteiger partial charge in [0.15, 0.2) is 5.82 Å². The molecule has 1 aromatic heterocycles. The van der Waals surface area contributed by atoms with Crippen LogP contribution >= 0.6 is 0 Å². The largest absolute Gasteiger partial charge is 0.385 e. The van der Waals surface area contributed by atoms with Gasteiger partial charge in [0.05, 0.1) is 11.8 Å². The first-order valence-electron chi connectivity index (χ1n) is 9.47. The highest BCUT2D eigenvalue weighted by Crippen LogP contribution is 2.21. The van der Waals surface area contributed by atoms with Gasteiger partial charge in [-0.1, -0.05) is 0 Å². The Morgan fingerprint density at radius 2 is 2.15 bits per heavy atom. The van der Waals surface area contributed by atoms with Gasteiger partial charge in [-0.05, 0) is 38.5 Å². The van der Waals surface area contributed by atoms with Crippen molar-refractivity contribution in [1.29, 1.82) is 0 Å². The molecule has 1 aromatic rings. The molecule has 0 aromatic carbocycles. The minimum atomic E-state index is -0.234. The van der Waals surface area contributed by atoms with Gasteiger partial charge in [-0.25, -0.2) is 4.98 Å². The Kier molecular flexibility index (Phi) is 6.62. The smallest absolute Gasteiger partial charge is 0.287 e. The maximum Gasteiger partial charge on any atom is 0.287 e. The lowest BCUT2D eigenvalue weighted by Gasteiger charge is -2.17. The number of rotatable bonds is 8. The molecule has 144 valence electrons. The highest BCUT2D eigenvalue weighted by atomic mass is 16.5. The van der Waals surface area contributed by atoms with Crippen LogP contribution in [0.3, 0.4) is 0 Å². The zero-order chi connectivity index (χ0) is 18.4. The van der Waals surface area contributed by atoms with Crippen LogP contribution in [-0.4, -0.2) is 60.9 Å². The molecule has 0 radical (unpaired) electrons. The van der Waals surface area contributed by atoms with Crippen molar-refractivity contribution in [3.8, 4) is 0 Å². The van der Waals surface area contributed by atoms with Gasteiger partial charge in [-0.2, -0.15) is 0 Å². The third-order valence-electron chi connectivity index (χ3n) is 4.86. The number of fused-ring (bicyclic) bond motifs is 1. The fraction of sp³-hybridized carbons (Fsp3) is 0.722. The number of amides is 2. The maximum atomic E-state index is 12.6. The standard InChI is InChI=1S/C18H28N4O4/c1-25-10-5-8-19-17(23)15-14-7-2-3-9-22(14)16(21-15)18(24)20-12-13-6-4-11-26-13/h13H,2-12H2,1H3,(H,19,23)(H,20,24). The third-order valence-corrected chi connectivity index (χ3v) is 4.86. The Bertz CT molecular complexity index is 637. The van der Waals surface area contributed by atoms with Crippen molar-refractivity contribution in [3.05, 3.63) is 17.2 Å². The summed E-state index contributed by atoms with van der Waals surface area (Å²) in [4.78, 5) is 29.5. The van der Waals surface area contributed by atoms with Crippen LogP contribution in [0.2, 0.25) is 0 Å². The Balaban J connectivity index is 1.68. The molecule has 0 saturated carbocycles. The Labute approximate surface area is 153 Å². The van der Waals surface area contributed by atoms with E-state index in [4.69, 9.17) is 9.47 Å². The van der Waals surface area contributed by atoms with E-state index in [0.29, 0.717) is 31.2 Å². The van der Waals surface area contributed by atoms with E-state index < -0.39 is 0 Å². The average molecular weight is 364 g/mol. The predicted molar refractivity (Wildman–Crippen MR) is 95.3 cm³/mol. The highest BCUT2D eigenvalue weighted by Gasteiger charge is 2.27. The number of nitrogens with zero attached hydrogens (tertiary/aromatic N) is 2. The lowest BCUT2D eigenvalue weighted by Crippen LogP contribution is -2.34. The van der Waals surface area contributed by atoms with Gasteiger partial charge >= 0.3 is 0 Å². The second kappa shape index (κ2) is 9.14. The number of ether oxygens (including phenoxy) is 2. The zero-order valence-electron chi connectivity index (χ0n) is 15.4. The van der Waals surface area contributed by atoms with Crippen LogP contribution in [-0.2, 0) is 22.4 Å². The molecular formula is C18H28N4O4. The van der Waals surface area contributed by atoms with E-state index in [1.165, 1.54) is 0 Å². The van der Waals surface area contributed by atoms with Crippen LogP contribution in [0.5, 0.6) is 0 Å². The number of hydrogen-bond acceptors (Lipinski definition) is 5. The van der Waals surface area contributed by atoms with Gasteiger partial charge in [0, 0.05) is 40.0 Å². The molecule has 1 atom stereocenters. The molecule has 2 N–H and O–H groups in total. The summed E-state index contributed by atoms with van der Waals surface area (Å²) in [6.45, 7) is 3.09. The number of nitrogens with one attached hydrogen (secondary N) is 2. The van der Waals surface area contributed by atoms with Gasteiger partial charge in [-0.15, -0.1) is 0 Å². The highest BCUT2D eigenvalue weighted by molar-refractivity contribution is 5.97. The van der Waals surface area contributed by atoms with Crippen molar-refractivity contribution in [1.82, 2.24) is 20.2 Å². The SMILES string of the molecule is COCCCNC(=O)c1nc(C(=O)NCC2CCCO2)n2c1CCCC2. The van der Waals surface area contributed by atoms with E-state index in [2.05, 4.69) is 15.6 Å². The Morgan fingerprint density at radius 1 is 1.27 bits per heavy atom. The Hall–Kier alpha value is -1.93. The molecule has 2 amide bonds. The third kappa shape index (κ3) is 4.42. The first-order chi connectivity index (χ1) is 12.7. The maximum absolute atomic E-state index is 12.6. The van der Waals surface area contributed by atoms with Crippen LogP contribution in [0, 0.1) is 0 Å². The molecule has 8 nitrogen and oxygen atoms in total. The van der Waals surface area contributed by atoms with Crippen LogP contribution in [0.4, 0.5) is 0 Å². The molecule has 3 rings (SSSR count). The first-order valence-corrected chi connectivity index (χ1v) is 9.47. The fourth-order valence-electron chi connectivity index (χ4n) is 3.49. The number of methoxy groups -OCH3 is 1. The summed E-state index contributed by atoms with van der Waals surface area (Å²) in [6, 6.07) is 0. The van der Waals surface area contributed by atoms with E-state index in [1.54, 1.807) is 7.11 Å². The van der Waals surface area contributed by atoms with E-state index >= 15 is 0 Å². The van der Waals surface area contributed by atoms with Crippen LogP contribution in [0.25, 0.3) is 0 Å². The molecule has 1 saturated heterocycles. The summed E-state index contributed by atoms with van der Waals surface area (Å²) in [5.41, 5.74) is 1.24. The molecule has 1 unspecified atom stereocenters. The molecule has 0 bridgehead atoms. The molecule has 26 heavy (non-hydrogen) atoms. The second-order valence-corrected chi connectivity index (χ2v) is 6.79. The lowest BCUT2D eigenvalue weighted by atomic mass is 10.1. The van der Waals surface area contributed by atoms with Crippen LogP contribution < -0.4 is 10.6 Å². The molecule has 0 aliphatic carbocycles. The lowest BCUT2D eigenvalue weighted by molar-refractivity contribution is 0.0845. The van der Waals surface area contributed by atoms with Crippen molar-refractivity contribution < 1.29 is 19.1 Å². The van der Waals surface area contributed by atoms with Crippen molar-refractivity contribution in [2.45, 2.75) is 51.2 Å². The first kappa shape index (κ1) is 18.8. The van der Waals surface area contributed by atoms with E-state index in [1.807, 2.05) is 4.57 Å². The minimum Gasteiger partial charge on any atom is -0.385 e. The second-order valence-electron chi connectivity index (χ2n) is 6.79. The van der Waals surface area contributed by atoms with Crippen molar-refractivity contribution in [2.75, 3.05) is 33.4 Å². The molecule has 0 spiro atoms. The quantitative estimate of drug-likeness (QED) is 0.668. The fourth-order valence-corrected chi connectivity index (χ4v) is 3.49. The number of carbonyl (C=O) groups excluding carboxylic acids is 2. The van der Waals surface area contributed by atoms with Gasteiger partial charge < -0.3 is 24.7 Å². The van der Waals surface area contributed by atoms with Gasteiger partial charge in [-0.3, -0.25) is 9.59 Å². The summed E-state index contributed by atoms with van der Waals surface area (Å²) in [5.74, 6) is -0.119. The summed E-state index contributed by atoms with van der Waals surface area (Å²) >= 11 is 0. The molecule has 2 aliphatic heterocycles. The molecular weight excluding hydrogens is 336 g/mol. The molecule has 8 heteroatoms. The molecule has 2 aliphatic rings. The topological polar surface area (TPSA) is 94.5 Å². The summed E-state index contributed by atoms with van der Waals surface area (Å²) in [5, 5.41) is 5.77. The van der Waals surface area contributed by atoms with Gasteiger partial charge in [0.2, 0.25) is 0 Å². The van der Waals surface area contributed by atoms with Gasteiger partial charge in [0.25, 0.3) is 11.8 Å². The van der Waals surface area contributed by atoms with E-state index in [9.17, 15) is 9.59 Å². The van der Waals surface area contributed by atoms with Crippen molar-refractivity contribution in [3.63, 3.8) is 0 Å². The zero-order valence-corrected chi connectivity index (χ0v) is 15.4. The van der Waals surface area contributed by atoms with Crippen molar-refractivity contribution >= 4 is 11.8 Å². The van der Waals surface area contributed by atoms with Crippen molar-refractivity contribution in [2.24, 2.45) is 0 Å². The van der Waals surface area contributed by atoms with E-state index in [-0.39, 0.29) is 17.9 Å². The number of carbonyl (C=O) groups is 2. The number of hydrogen-bond donors (Lipinski definition) is 2. The minimum absolute atomic E-state index is 0.0818. The van der Waals surface area contributed by atoms with Gasteiger partial charge in [0.1, 0.15) is 5.69 Å². The predicted octanol–water partition coefficient (Wildman–Crippen LogP) is 0.895. The average Bonchev–Trinajstić information content (AvgIpc) is 3.31. The summed E-state index contributed by atoms with van der Waals surface area (Å²) < 4.78 is 12.4. The number of imidazole rings is 1. The molecule has 3 heterocycles. The molecule has 1 fully saturated rings. The van der Waals surface area contributed by atoms with Crippen LogP contribution in [0.1, 0.15) is 58.9 Å².